The molecule has 1 amide bonds. The molecule has 2 aromatic carbocycles. The zero-order chi connectivity index (χ0) is 16.4. The van der Waals surface area contributed by atoms with E-state index in [1.807, 2.05) is 24.3 Å². The topological polar surface area (TPSA) is 42.0 Å². The van der Waals surface area contributed by atoms with Gasteiger partial charge >= 0.3 is 0 Å². The van der Waals surface area contributed by atoms with Crippen LogP contribution in [0.1, 0.15) is 6.92 Å². The van der Waals surface area contributed by atoms with Gasteiger partial charge in [-0.15, -0.1) is 11.3 Å². The number of para-hydroxylation sites is 1. The molecular weight excluding hydrogens is 338 g/mol. The predicted octanol–water partition coefficient (Wildman–Crippen LogP) is 4.69. The molecule has 23 heavy (non-hydrogen) atoms. The molecule has 0 fully saturated rings. The van der Waals surface area contributed by atoms with E-state index in [4.69, 9.17) is 0 Å². The number of nitrogens with one attached hydrogen (secondary N) is 1. The molecule has 0 radical (unpaired) electrons. The van der Waals surface area contributed by atoms with Gasteiger partial charge in [-0.25, -0.2) is 13.8 Å². The maximum absolute atomic E-state index is 13.2. The number of anilines is 1. The molecule has 0 saturated carbocycles. The van der Waals surface area contributed by atoms with Gasteiger partial charge < -0.3 is 5.32 Å². The number of rotatable bonds is 4. The van der Waals surface area contributed by atoms with Crippen LogP contribution in [0.25, 0.3) is 10.2 Å². The van der Waals surface area contributed by atoms with Crippen LogP contribution in [0.2, 0.25) is 0 Å². The molecule has 0 aliphatic carbocycles. The number of fused-ring (bicyclic) bond motifs is 1. The van der Waals surface area contributed by atoms with Crippen molar-refractivity contribution in [2.24, 2.45) is 0 Å². The Morgan fingerprint density at radius 3 is 2.74 bits per heavy atom. The van der Waals surface area contributed by atoms with E-state index in [1.54, 1.807) is 6.92 Å². The zero-order valence-electron chi connectivity index (χ0n) is 12.0. The number of benzene rings is 2. The van der Waals surface area contributed by atoms with Crippen molar-refractivity contribution in [3.8, 4) is 0 Å². The Bertz CT molecular complexity index is 833. The predicted molar refractivity (Wildman–Crippen MR) is 89.9 cm³/mol. The smallest absolute Gasteiger partial charge is 0.237 e. The molecular formula is C16H12F2N2OS2. The Morgan fingerprint density at radius 2 is 2.00 bits per heavy atom. The maximum atomic E-state index is 13.2. The highest BCUT2D eigenvalue weighted by molar-refractivity contribution is 8.02. The molecule has 0 spiro atoms. The van der Waals surface area contributed by atoms with Crippen molar-refractivity contribution < 1.29 is 13.6 Å². The monoisotopic (exact) mass is 350 g/mol. The molecule has 0 aliphatic rings. The lowest BCUT2D eigenvalue weighted by molar-refractivity contribution is -0.115. The van der Waals surface area contributed by atoms with Crippen molar-refractivity contribution >= 4 is 44.9 Å². The summed E-state index contributed by atoms with van der Waals surface area (Å²) in [5, 5.41) is 2.16. The summed E-state index contributed by atoms with van der Waals surface area (Å²) in [4.78, 5) is 16.6. The van der Waals surface area contributed by atoms with E-state index in [-0.39, 0.29) is 11.6 Å². The second-order valence-electron chi connectivity index (χ2n) is 4.83. The van der Waals surface area contributed by atoms with Crippen LogP contribution >= 0.6 is 23.1 Å². The van der Waals surface area contributed by atoms with Crippen LogP contribution in [0, 0.1) is 11.6 Å². The van der Waals surface area contributed by atoms with Crippen LogP contribution in [-0.4, -0.2) is 16.1 Å². The van der Waals surface area contributed by atoms with Gasteiger partial charge in [0.05, 0.1) is 15.5 Å². The maximum Gasteiger partial charge on any atom is 0.237 e. The van der Waals surface area contributed by atoms with E-state index in [9.17, 15) is 13.6 Å². The number of aromatic nitrogens is 1. The molecule has 118 valence electrons. The number of carbonyl (C=O) groups is 1. The minimum absolute atomic E-state index is 0.227. The van der Waals surface area contributed by atoms with Gasteiger partial charge in [-0.3, -0.25) is 4.79 Å². The summed E-state index contributed by atoms with van der Waals surface area (Å²) in [6.07, 6.45) is 0. The molecule has 1 atom stereocenters. The van der Waals surface area contributed by atoms with E-state index in [0.717, 1.165) is 26.7 Å². The van der Waals surface area contributed by atoms with E-state index >= 15 is 0 Å². The number of nitrogens with zero attached hydrogens (tertiary/aromatic N) is 1. The summed E-state index contributed by atoms with van der Waals surface area (Å²) < 4.78 is 27.9. The van der Waals surface area contributed by atoms with Gasteiger partial charge in [0.1, 0.15) is 0 Å². The molecule has 1 aromatic heterocycles. The molecule has 3 aromatic rings. The summed E-state index contributed by atoms with van der Waals surface area (Å²) in [6, 6.07) is 11.0. The first-order chi connectivity index (χ1) is 11.0. The lowest BCUT2D eigenvalue weighted by Crippen LogP contribution is -2.22. The second kappa shape index (κ2) is 6.64. The first-order valence-corrected chi connectivity index (χ1v) is 8.50. The molecule has 0 aliphatic heterocycles. The van der Waals surface area contributed by atoms with Gasteiger partial charge in [0.25, 0.3) is 0 Å². The summed E-state index contributed by atoms with van der Waals surface area (Å²) in [7, 11) is 0. The van der Waals surface area contributed by atoms with E-state index in [1.165, 1.54) is 29.2 Å². The second-order valence-corrected chi connectivity index (χ2v) is 7.44. The van der Waals surface area contributed by atoms with E-state index in [0.29, 0.717) is 0 Å². The van der Waals surface area contributed by atoms with Crippen LogP contribution in [0.5, 0.6) is 0 Å². The third-order valence-corrected chi connectivity index (χ3v) is 5.34. The minimum Gasteiger partial charge on any atom is -0.325 e. The minimum atomic E-state index is -0.991. The van der Waals surface area contributed by atoms with Gasteiger partial charge in [-0.2, -0.15) is 0 Å². The lowest BCUT2D eigenvalue weighted by Gasteiger charge is -2.10. The third-order valence-electron chi connectivity index (χ3n) is 3.11. The first-order valence-electron chi connectivity index (χ1n) is 6.81. The molecule has 3 rings (SSSR count). The highest BCUT2D eigenvalue weighted by Gasteiger charge is 2.17. The van der Waals surface area contributed by atoms with Crippen LogP contribution in [-0.2, 0) is 4.79 Å². The van der Waals surface area contributed by atoms with Crippen molar-refractivity contribution in [2.75, 3.05) is 5.32 Å². The largest absolute Gasteiger partial charge is 0.325 e. The first kappa shape index (κ1) is 15.9. The normalized spacial score (nSPS) is 12.3. The third kappa shape index (κ3) is 3.68. The average molecular weight is 350 g/mol. The zero-order valence-corrected chi connectivity index (χ0v) is 13.7. The number of hydrogen-bond donors (Lipinski definition) is 1. The molecule has 1 heterocycles. The highest BCUT2D eigenvalue weighted by atomic mass is 32.2. The number of amides is 1. The SMILES string of the molecule is CC(Sc1nc2ccccc2s1)C(=O)Nc1ccc(F)c(F)c1. The average Bonchev–Trinajstić information content (AvgIpc) is 2.93. The summed E-state index contributed by atoms with van der Waals surface area (Å²) >= 11 is 2.85. The fourth-order valence-electron chi connectivity index (χ4n) is 1.92. The van der Waals surface area contributed by atoms with Crippen molar-refractivity contribution in [3.63, 3.8) is 0 Å². The molecule has 1 N–H and O–H groups in total. The molecule has 0 bridgehead atoms. The van der Waals surface area contributed by atoms with Crippen molar-refractivity contribution in [1.29, 1.82) is 0 Å². The Hall–Kier alpha value is -1.99. The van der Waals surface area contributed by atoms with Crippen LogP contribution in [0.4, 0.5) is 14.5 Å². The van der Waals surface area contributed by atoms with Crippen LogP contribution in [0.3, 0.4) is 0 Å². The number of thioether (sulfide) groups is 1. The highest BCUT2D eigenvalue weighted by Crippen LogP contribution is 2.32. The fourth-order valence-corrected chi connectivity index (χ4v) is 4.14. The quantitative estimate of drug-likeness (QED) is 0.694. The van der Waals surface area contributed by atoms with Crippen LogP contribution in [0.15, 0.2) is 46.8 Å². The number of thiazole rings is 1. The van der Waals surface area contributed by atoms with Gasteiger partial charge in [-0.05, 0) is 31.2 Å². The van der Waals surface area contributed by atoms with Gasteiger partial charge in [0.15, 0.2) is 16.0 Å². The summed E-state index contributed by atoms with van der Waals surface area (Å²) in [5.41, 5.74) is 1.12. The van der Waals surface area contributed by atoms with E-state index < -0.39 is 16.9 Å². The molecule has 3 nitrogen and oxygen atoms in total. The Morgan fingerprint density at radius 1 is 1.22 bits per heavy atom. The number of hydrogen-bond acceptors (Lipinski definition) is 4. The lowest BCUT2D eigenvalue weighted by atomic mass is 10.3. The van der Waals surface area contributed by atoms with Crippen molar-refractivity contribution in [3.05, 3.63) is 54.1 Å². The fraction of sp³-hybridized carbons (Fsp3) is 0.125. The van der Waals surface area contributed by atoms with Gasteiger partial charge in [0, 0.05) is 11.8 Å². The number of carbonyl (C=O) groups excluding carboxylic acids is 1. The molecule has 7 heteroatoms. The van der Waals surface area contributed by atoms with E-state index in [2.05, 4.69) is 10.3 Å². The Kier molecular flexibility index (Phi) is 4.58. The molecule has 0 saturated heterocycles. The summed E-state index contributed by atoms with van der Waals surface area (Å²) in [5.74, 6) is -2.23. The van der Waals surface area contributed by atoms with Crippen LogP contribution < -0.4 is 5.32 Å². The Balaban J connectivity index is 1.68. The number of halogens is 2. The van der Waals surface area contributed by atoms with Gasteiger partial charge in [0.2, 0.25) is 5.91 Å². The van der Waals surface area contributed by atoms with Gasteiger partial charge in [-0.1, -0.05) is 23.9 Å². The van der Waals surface area contributed by atoms with Crippen molar-refractivity contribution in [2.45, 2.75) is 16.5 Å². The Labute approximate surface area is 139 Å². The van der Waals surface area contributed by atoms with Crippen molar-refractivity contribution in [1.82, 2.24) is 4.98 Å². The molecule has 1 unspecified atom stereocenters. The summed E-state index contributed by atoms with van der Waals surface area (Å²) in [6.45, 7) is 1.74. The standard InChI is InChI=1S/C16H12F2N2OS2/c1-9(15(21)19-10-6-7-11(17)12(18)8-10)22-16-20-13-4-2-3-5-14(13)23-16/h2-9H,1H3,(H,19,21).